The summed E-state index contributed by atoms with van der Waals surface area (Å²) in [4.78, 5) is 36.2. The fourth-order valence-corrected chi connectivity index (χ4v) is 4.85. The summed E-state index contributed by atoms with van der Waals surface area (Å²) in [7, 11) is 0. The molecule has 32 heavy (non-hydrogen) atoms. The van der Waals surface area contributed by atoms with Gasteiger partial charge in [-0.05, 0) is 50.4 Å². The zero-order chi connectivity index (χ0) is 23.1. The van der Waals surface area contributed by atoms with Crippen molar-refractivity contribution in [2.24, 2.45) is 5.92 Å². The Kier molecular flexibility index (Phi) is 8.02. The van der Waals surface area contributed by atoms with E-state index in [1.54, 1.807) is 11.3 Å². The molecule has 0 aliphatic carbocycles. The lowest BCUT2D eigenvalue weighted by Gasteiger charge is -2.43. The van der Waals surface area contributed by atoms with E-state index in [1.165, 1.54) is 4.88 Å². The zero-order valence-corrected chi connectivity index (χ0v) is 18.5. The average molecular weight is 459 g/mol. The Hall–Kier alpha value is -3.17. The molecule has 1 aromatic heterocycles. The number of hydrogen-bond donors (Lipinski definition) is 3. The molecule has 1 aromatic carbocycles. The number of hydrogen-bond acceptors (Lipinski definition) is 6. The van der Waals surface area contributed by atoms with Gasteiger partial charge in [-0.3, -0.25) is 10.2 Å². The number of amides is 1. The predicted molar refractivity (Wildman–Crippen MR) is 122 cm³/mol. The average Bonchev–Trinajstić information content (AvgIpc) is 3.14. The van der Waals surface area contributed by atoms with E-state index in [-0.39, 0.29) is 12.2 Å². The number of rotatable bonds is 5. The van der Waals surface area contributed by atoms with E-state index >= 15 is 0 Å². The van der Waals surface area contributed by atoms with Crippen LogP contribution in [0.25, 0.3) is 10.4 Å². The fraction of sp³-hybridized carbons (Fsp3) is 0.348. The molecule has 1 atom stereocenters. The van der Waals surface area contributed by atoms with Gasteiger partial charge >= 0.3 is 18.0 Å². The second kappa shape index (κ2) is 10.9. The number of aryl methyl sites for hydroxylation is 1. The molecular weight excluding hydrogens is 432 g/mol. The molecule has 3 aliphatic rings. The van der Waals surface area contributed by atoms with Gasteiger partial charge in [0, 0.05) is 23.6 Å². The van der Waals surface area contributed by atoms with Crippen LogP contribution in [0.3, 0.4) is 0 Å². The van der Waals surface area contributed by atoms with Crippen molar-refractivity contribution in [2.45, 2.75) is 25.9 Å². The number of ether oxygens (including phenoxy) is 1. The summed E-state index contributed by atoms with van der Waals surface area (Å²) < 4.78 is 5.74. The molecule has 2 aromatic rings. The summed E-state index contributed by atoms with van der Waals surface area (Å²) in [6.07, 6.45) is 3.11. The number of carboxylic acid groups (broad SMARTS) is 2. The van der Waals surface area contributed by atoms with E-state index in [0.29, 0.717) is 18.1 Å². The normalized spacial score (nSPS) is 21.5. The number of carbonyl (C=O) groups is 3. The molecule has 2 bridgehead atoms. The minimum Gasteiger partial charge on any atom is -0.478 e. The summed E-state index contributed by atoms with van der Waals surface area (Å²) in [6.45, 7) is 5.23. The first-order valence-electron chi connectivity index (χ1n) is 10.3. The SMILES string of the molecule is Cc1cc(NC(=O)O[C@H]2CN3CCC2CC3)c(-c2ccccc2)s1.O=C(O)/C=C/C(=O)O. The van der Waals surface area contributed by atoms with Crippen LogP contribution in [0.1, 0.15) is 17.7 Å². The summed E-state index contributed by atoms with van der Waals surface area (Å²) in [6, 6.07) is 12.2. The summed E-state index contributed by atoms with van der Waals surface area (Å²) >= 11 is 1.69. The molecule has 0 radical (unpaired) electrons. The van der Waals surface area contributed by atoms with Crippen molar-refractivity contribution in [1.82, 2.24) is 4.90 Å². The topological polar surface area (TPSA) is 116 Å². The minimum atomic E-state index is -1.26. The van der Waals surface area contributed by atoms with Crippen molar-refractivity contribution in [3.63, 3.8) is 0 Å². The van der Waals surface area contributed by atoms with Crippen LogP contribution in [0.5, 0.6) is 0 Å². The lowest BCUT2D eigenvalue weighted by Crippen LogP contribution is -2.52. The molecule has 0 spiro atoms. The van der Waals surface area contributed by atoms with Gasteiger partial charge in [0.15, 0.2) is 0 Å². The van der Waals surface area contributed by atoms with Crippen molar-refractivity contribution >= 4 is 35.1 Å². The first-order valence-corrected chi connectivity index (χ1v) is 11.1. The maximum Gasteiger partial charge on any atom is 0.411 e. The first-order chi connectivity index (χ1) is 15.3. The van der Waals surface area contributed by atoms with Gasteiger partial charge in [-0.15, -0.1) is 11.3 Å². The molecule has 0 saturated carbocycles. The third-order valence-corrected chi connectivity index (χ3v) is 6.45. The maximum atomic E-state index is 12.4. The van der Waals surface area contributed by atoms with Crippen molar-refractivity contribution in [3.8, 4) is 10.4 Å². The first kappa shape index (κ1) is 23.5. The van der Waals surface area contributed by atoms with Crippen LogP contribution >= 0.6 is 11.3 Å². The van der Waals surface area contributed by atoms with Gasteiger partial charge in [-0.25, -0.2) is 14.4 Å². The number of nitrogens with one attached hydrogen (secondary N) is 1. The van der Waals surface area contributed by atoms with Crippen molar-refractivity contribution in [3.05, 3.63) is 53.4 Å². The summed E-state index contributed by atoms with van der Waals surface area (Å²) in [5.74, 6) is -1.99. The minimum absolute atomic E-state index is 0.0346. The second-order valence-electron chi connectivity index (χ2n) is 7.68. The van der Waals surface area contributed by atoms with Crippen LogP contribution in [0.4, 0.5) is 10.5 Å². The second-order valence-corrected chi connectivity index (χ2v) is 8.94. The number of anilines is 1. The largest absolute Gasteiger partial charge is 0.478 e. The van der Waals surface area contributed by atoms with E-state index in [2.05, 4.69) is 29.3 Å². The fourth-order valence-electron chi connectivity index (χ4n) is 3.87. The lowest BCUT2D eigenvalue weighted by atomic mass is 9.86. The van der Waals surface area contributed by atoms with Crippen LogP contribution in [0, 0.1) is 12.8 Å². The van der Waals surface area contributed by atoms with Crippen molar-refractivity contribution in [2.75, 3.05) is 25.0 Å². The van der Waals surface area contributed by atoms with E-state index in [0.717, 1.165) is 48.6 Å². The lowest BCUT2D eigenvalue weighted by molar-refractivity contribution is -0.134. The Labute approximate surface area is 190 Å². The molecule has 3 fully saturated rings. The number of carboxylic acids is 2. The maximum absolute atomic E-state index is 12.4. The third kappa shape index (κ3) is 6.66. The molecule has 0 unspecified atom stereocenters. The Morgan fingerprint density at radius 1 is 1.09 bits per heavy atom. The molecule has 5 rings (SSSR count). The third-order valence-electron chi connectivity index (χ3n) is 5.35. The highest BCUT2D eigenvalue weighted by Gasteiger charge is 2.36. The van der Waals surface area contributed by atoms with Gasteiger partial charge in [-0.2, -0.15) is 0 Å². The number of benzene rings is 1. The molecule has 3 N–H and O–H groups in total. The molecule has 8 nitrogen and oxygen atoms in total. The van der Waals surface area contributed by atoms with Crippen LogP contribution in [0.15, 0.2) is 48.6 Å². The van der Waals surface area contributed by atoms with Crippen LogP contribution in [0.2, 0.25) is 0 Å². The number of piperidine rings is 3. The van der Waals surface area contributed by atoms with E-state index in [9.17, 15) is 14.4 Å². The van der Waals surface area contributed by atoms with E-state index in [4.69, 9.17) is 14.9 Å². The number of aliphatic carboxylic acids is 2. The molecule has 3 saturated heterocycles. The smallest absolute Gasteiger partial charge is 0.411 e. The molecule has 170 valence electrons. The Morgan fingerprint density at radius 2 is 1.72 bits per heavy atom. The number of carbonyl (C=O) groups excluding carboxylic acids is 1. The van der Waals surface area contributed by atoms with Crippen LogP contribution in [-0.2, 0) is 14.3 Å². The molecule has 1 amide bonds. The highest BCUT2D eigenvalue weighted by molar-refractivity contribution is 7.16. The Bertz CT molecular complexity index is 964. The summed E-state index contributed by atoms with van der Waals surface area (Å²) in [5, 5.41) is 18.6. The number of nitrogens with zero attached hydrogens (tertiary/aromatic N) is 1. The van der Waals surface area contributed by atoms with Gasteiger partial charge in [0.2, 0.25) is 0 Å². The van der Waals surface area contributed by atoms with E-state index < -0.39 is 11.9 Å². The number of fused-ring (bicyclic) bond motifs is 3. The standard InChI is InChI=1S/C19H22N2O2S.C4H4O4/c1-13-11-16(18(24-13)15-5-3-2-4-6-15)20-19(22)23-17-12-21-9-7-14(17)8-10-21;5-3(6)1-2-4(7)8/h2-6,11,14,17H,7-10,12H2,1H3,(H,20,22);1-2H,(H,5,6)(H,7,8)/b;2-1+/t17-;/m0./s1. The number of thiophene rings is 1. The predicted octanol–water partition coefficient (Wildman–Crippen LogP) is 4.08. The zero-order valence-electron chi connectivity index (χ0n) is 17.7. The van der Waals surface area contributed by atoms with Gasteiger partial charge in [0.25, 0.3) is 0 Å². The summed E-state index contributed by atoms with van der Waals surface area (Å²) in [5.41, 5.74) is 1.96. The molecule has 9 heteroatoms. The van der Waals surface area contributed by atoms with E-state index in [1.807, 2.05) is 24.3 Å². The quantitative estimate of drug-likeness (QED) is 0.578. The van der Waals surface area contributed by atoms with Gasteiger partial charge in [0.1, 0.15) is 6.10 Å². The monoisotopic (exact) mass is 458 g/mol. The van der Waals surface area contributed by atoms with Gasteiger partial charge in [0.05, 0.1) is 10.6 Å². The van der Waals surface area contributed by atoms with Crippen LogP contribution in [-0.4, -0.2) is 58.9 Å². The van der Waals surface area contributed by atoms with Crippen molar-refractivity contribution < 1.29 is 29.3 Å². The van der Waals surface area contributed by atoms with Crippen LogP contribution < -0.4 is 5.32 Å². The highest BCUT2D eigenvalue weighted by Crippen LogP contribution is 2.37. The molecule has 3 aliphatic heterocycles. The molecular formula is C23H26N2O6S. The Morgan fingerprint density at radius 3 is 2.25 bits per heavy atom. The highest BCUT2D eigenvalue weighted by atomic mass is 32.1. The van der Waals surface area contributed by atoms with Gasteiger partial charge < -0.3 is 14.9 Å². The van der Waals surface area contributed by atoms with Crippen molar-refractivity contribution in [1.29, 1.82) is 0 Å². The van der Waals surface area contributed by atoms with Gasteiger partial charge in [-0.1, -0.05) is 30.3 Å². The molecule has 4 heterocycles. The Balaban J connectivity index is 0.000000312.